The molecule has 3 aromatic carbocycles. The second-order valence-corrected chi connectivity index (χ2v) is 8.42. The van der Waals surface area contributed by atoms with Crippen molar-refractivity contribution in [2.45, 2.75) is 25.7 Å². The number of carbonyl (C=O) groups is 3. The highest BCUT2D eigenvalue weighted by Gasteiger charge is 2.24. The van der Waals surface area contributed by atoms with Crippen LogP contribution < -0.4 is 4.74 Å². The monoisotopic (exact) mass is 465 g/mol. The average molecular weight is 466 g/mol. The highest BCUT2D eigenvalue weighted by atomic mass is 16.5. The number of hydrogen-bond donors (Lipinski definition) is 0. The number of ether oxygens (including phenoxy) is 2. The Labute approximate surface area is 202 Å². The molecule has 0 bridgehead atoms. The van der Waals surface area contributed by atoms with Gasteiger partial charge in [0.2, 0.25) is 0 Å². The minimum atomic E-state index is -0.511. The van der Waals surface area contributed by atoms with E-state index in [1.165, 1.54) is 0 Å². The van der Waals surface area contributed by atoms with E-state index >= 15 is 0 Å². The fourth-order valence-corrected chi connectivity index (χ4v) is 4.34. The number of Topliss-reactive ketones (excluding diaryl/α,β-unsaturated/α-hetero) is 1. The van der Waals surface area contributed by atoms with Crippen LogP contribution in [0, 0.1) is 0 Å². The third-order valence-electron chi connectivity index (χ3n) is 6.10. The summed E-state index contributed by atoms with van der Waals surface area (Å²) in [5.74, 6) is -1.01. The van der Waals surface area contributed by atoms with Gasteiger partial charge < -0.3 is 9.47 Å². The summed E-state index contributed by atoms with van der Waals surface area (Å²) in [5.41, 5.74) is 3.93. The van der Waals surface area contributed by atoms with Crippen LogP contribution in [0.5, 0.6) is 5.75 Å². The number of esters is 2. The number of benzene rings is 3. The molecule has 0 unspecified atom stereocenters. The first-order valence-electron chi connectivity index (χ1n) is 11.6. The van der Waals surface area contributed by atoms with Gasteiger partial charge in [-0.2, -0.15) is 0 Å². The van der Waals surface area contributed by atoms with Crippen LogP contribution in [0.25, 0.3) is 10.9 Å². The lowest BCUT2D eigenvalue weighted by Crippen LogP contribution is -2.19. The van der Waals surface area contributed by atoms with Crippen molar-refractivity contribution in [1.82, 2.24) is 4.98 Å². The molecule has 0 atom stereocenters. The number of carbonyl (C=O) groups excluding carboxylic acids is 3. The van der Waals surface area contributed by atoms with E-state index < -0.39 is 11.9 Å². The predicted octanol–water partition coefficient (Wildman–Crippen LogP) is 5.37. The van der Waals surface area contributed by atoms with E-state index in [0.717, 1.165) is 47.8 Å². The van der Waals surface area contributed by atoms with Crippen LogP contribution in [0.4, 0.5) is 0 Å². The Morgan fingerprint density at radius 2 is 1.46 bits per heavy atom. The van der Waals surface area contributed by atoms with Crippen molar-refractivity contribution in [2.24, 2.45) is 0 Å². The standard InChI is InChI=1S/C29H23NO5/c31-26(19-14-16-21(17-15-19)35-28(32)20-8-2-1-3-9-20)18-34-29(33)27-22-10-4-6-12-24(22)30-25-13-7-5-11-23(25)27/h1-4,6,8-10,12,14-17H,5,7,11,13,18H2. The van der Waals surface area contributed by atoms with Gasteiger partial charge in [-0.1, -0.05) is 36.4 Å². The minimum Gasteiger partial charge on any atom is -0.454 e. The molecule has 1 aromatic heterocycles. The maximum atomic E-state index is 13.1. The highest BCUT2D eigenvalue weighted by Crippen LogP contribution is 2.30. The number of para-hydroxylation sites is 1. The molecular formula is C29H23NO5. The van der Waals surface area contributed by atoms with Crippen LogP contribution in [0.3, 0.4) is 0 Å². The fraction of sp³-hybridized carbons (Fsp3) is 0.172. The minimum absolute atomic E-state index is 0.322. The zero-order chi connectivity index (χ0) is 24.2. The van der Waals surface area contributed by atoms with Gasteiger partial charge in [0.25, 0.3) is 0 Å². The number of hydrogen-bond acceptors (Lipinski definition) is 6. The molecule has 1 aliphatic rings. The van der Waals surface area contributed by atoms with E-state index in [4.69, 9.17) is 14.5 Å². The molecule has 0 spiro atoms. The van der Waals surface area contributed by atoms with Gasteiger partial charge in [-0.15, -0.1) is 0 Å². The summed E-state index contributed by atoms with van der Waals surface area (Å²) in [5, 5.41) is 0.746. The van der Waals surface area contributed by atoms with Gasteiger partial charge in [-0.3, -0.25) is 9.78 Å². The smallest absolute Gasteiger partial charge is 0.343 e. The zero-order valence-electron chi connectivity index (χ0n) is 19.0. The van der Waals surface area contributed by atoms with Crippen LogP contribution in [-0.2, 0) is 17.6 Å². The van der Waals surface area contributed by atoms with Crippen LogP contribution in [0.15, 0.2) is 78.9 Å². The summed E-state index contributed by atoms with van der Waals surface area (Å²) in [4.78, 5) is 42.7. The van der Waals surface area contributed by atoms with Gasteiger partial charge in [0, 0.05) is 16.6 Å². The number of rotatable bonds is 6. The Hall–Kier alpha value is -4.32. The quantitative estimate of drug-likeness (QED) is 0.216. The number of ketones is 1. The lowest BCUT2D eigenvalue weighted by atomic mass is 9.90. The van der Waals surface area contributed by atoms with Crippen molar-refractivity contribution >= 4 is 28.6 Å². The van der Waals surface area contributed by atoms with Crippen molar-refractivity contribution in [3.05, 3.63) is 107 Å². The predicted molar refractivity (Wildman–Crippen MR) is 131 cm³/mol. The maximum Gasteiger partial charge on any atom is 0.343 e. The zero-order valence-corrected chi connectivity index (χ0v) is 19.0. The van der Waals surface area contributed by atoms with E-state index in [0.29, 0.717) is 22.4 Å². The average Bonchev–Trinajstić information content (AvgIpc) is 2.91. The molecule has 0 amide bonds. The molecular weight excluding hydrogens is 442 g/mol. The first-order chi connectivity index (χ1) is 17.1. The molecule has 0 N–H and O–H groups in total. The topological polar surface area (TPSA) is 82.6 Å². The molecule has 4 aromatic rings. The van der Waals surface area contributed by atoms with Gasteiger partial charge >= 0.3 is 11.9 Å². The molecule has 6 nitrogen and oxygen atoms in total. The number of fused-ring (bicyclic) bond motifs is 2. The van der Waals surface area contributed by atoms with Crippen molar-refractivity contribution in [3.8, 4) is 5.75 Å². The number of aryl methyl sites for hydroxylation is 1. The Kier molecular flexibility index (Phi) is 6.35. The lowest BCUT2D eigenvalue weighted by Gasteiger charge is -2.19. The highest BCUT2D eigenvalue weighted by molar-refractivity contribution is 6.06. The third-order valence-corrected chi connectivity index (χ3v) is 6.10. The van der Waals surface area contributed by atoms with Gasteiger partial charge in [-0.25, -0.2) is 9.59 Å². The first kappa shape index (κ1) is 22.5. The maximum absolute atomic E-state index is 13.1. The van der Waals surface area contributed by atoms with Gasteiger partial charge in [0.15, 0.2) is 12.4 Å². The summed E-state index contributed by atoms with van der Waals surface area (Å²) >= 11 is 0. The molecule has 0 aliphatic heterocycles. The normalized spacial score (nSPS) is 12.6. The molecule has 0 radical (unpaired) electrons. The van der Waals surface area contributed by atoms with Gasteiger partial charge in [-0.05, 0) is 73.7 Å². The number of nitrogens with zero attached hydrogens (tertiary/aromatic N) is 1. The second kappa shape index (κ2) is 9.89. The molecule has 0 fully saturated rings. The number of pyridine rings is 1. The van der Waals surface area contributed by atoms with Crippen LogP contribution in [-0.4, -0.2) is 29.3 Å². The van der Waals surface area contributed by atoms with E-state index in [2.05, 4.69) is 0 Å². The third kappa shape index (κ3) is 4.82. The van der Waals surface area contributed by atoms with Crippen LogP contribution in [0.1, 0.15) is 55.2 Å². The van der Waals surface area contributed by atoms with Gasteiger partial charge in [0.05, 0.1) is 16.6 Å². The van der Waals surface area contributed by atoms with Crippen molar-refractivity contribution < 1.29 is 23.9 Å². The summed E-state index contributed by atoms with van der Waals surface area (Å²) in [7, 11) is 0. The van der Waals surface area contributed by atoms with E-state index in [1.807, 2.05) is 30.3 Å². The Morgan fingerprint density at radius 1 is 0.743 bits per heavy atom. The summed E-state index contributed by atoms with van der Waals surface area (Å²) in [6.45, 7) is -0.382. The lowest BCUT2D eigenvalue weighted by molar-refractivity contribution is 0.0475. The Morgan fingerprint density at radius 3 is 2.26 bits per heavy atom. The van der Waals surface area contributed by atoms with E-state index in [-0.39, 0.29) is 12.4 Å². The molecule has 6 heteroatoms. The summed E-state index contributed by atoms with van der Waals surface area (Å²) in [6, 6.07) is 22.4. The summed E-state index contributed by atoms with van der Waals surface area (Å²) in [6.07, 6.45) is 3.64. The first-order valence-corrected chi connectivity index (χ1v) is 11.6. The van der Waals surface area contributed by atoms with Gasteiger partial charge in [0.1, 0.15) is 5.75 Å². The van der Waals surface area contributed by atoms with Crippen LogP contribution in [0.2, 0.25) is 0 Å². The van der Waals surface area contributed by atoms with Crippen LogP contribution >= 0.6 is 0 Å². The van der Waals surface area contributed by atoms with Crippen molar-refractivity contribution in [1.29, 1.82) is 0 Å². The number of aromatic nitrogens is 1. The van der Waals surface area contributed by atoms with E-state index in [9.17, 15) is 14.4 Å². The molecule has 174 valence electrons. The second-order valence-electron chi connectivity index (χ2n) is 8.42. The Bertz CT molecular complexity index is 1410. The largest absolute Gasteiger partial charge is 0.454 e. The Balaban J connectivity index is 1.27. The molecule has 1 heterocycles. The van der Waals surface area contributed by atoms with Crippen molar-refractivity contribution in [2.75, 3.05) is 6.61 Å². The molecule has 0 saturated carbocycles. The molecule has 0 saturated heterocycles. The van der Waals surface area contributed by atoms with Crippen molar-refractivity contribution in [3.63, 3.8) is 0 Å². The fourth-order valence-electron chi connectivity index (χ4n) is 4.34. The van der Waals surface area contributed by atoms with E-state index in [1.54, 1.807) is 48.5 Å². The summed E-state index contributed by atoms with van der Waals surface area (Å²) < 4.78 is 10.8. The molecule has 35 heavy (non-hydrogen) atoms. The molecule has 5 rings (SSSR count). The molecule has 1 aliphatic carbocycles. The SMILES string of the molecule is O=C(COC(=O)c1c2c(nc3ccccc13)CCCC2)c1ccc(OC(=O)c2ccccc2)cc1.